The molecule has 1 rings (SSSR count). The number of carbonyl (C=O) groups is 1. The normalized spacial score (nSPS) is 11.2. The van der Waals surface area contributed by atoms with Crippen LogP contribution in [-0.2, 0) is 0 Å². The molecular weight excluding hydrogens is 242 g/mol. The van der Waals surface area contributed by atoms with Crippen LogP contribution < -0.4 is 5.32 Å². The van der Waals surface area contributed by atoms with Gasteiger partial charge in [0.1, 0.15) is 5.82 Å². The van der Waals surface area contributed by atoms with E-state index in [1.54, 1.807) is 32.4 Å². The summed E-state index contributed by atoms with van der Waals surface area (Å²) in [4.78, 5) is 17.5. The number of aliphatic hydroxyl groups excluding tert-OH is 1. The summed E-state index contributed by atoms with van der Waals surface area (Å²) in [7, 11) is 3.42. The molecule has 1 aromatic heterocycles. The van der Waals surface area contributed by atoms with Gasteiger partial charge in [-0.15, -0.1) is 0 Å². The van der Waals surface area contributed by atoms with E-state index in [-0.39, 0.29) is 18.1 Å². The van der Waals surface area contributed by atoms with E-state index in [9.17, 15) is 9.90 Å². The number of pyridine rings is 1. The minimum absolute atomic E-state index is 0.0556. The molecule has 1 amide bonds. The zero-order valence-electron chi connectivity index (χ0n) is 12.1. The van der Waals surface area contributed by atoms with Crippen molar-refractivity contribution in [1.82, 2.24) is 9.88 Å². The maximum Gasteiger partial charge on any atom is 0.254 e. The molecule has 0 bridgehead atoms. The van der Waals surface area contributed by atoms with Crippen molar-refractivity contribution in [2.24, 2.45) is 0 Å². The number of amides is 1. The first-order chi connectivity index (χ1) is 8.98. The maximum absolute atomic E-state index is 11.7. The second-order valence-electron chi connectivity index (χ2n) is 4.90. The summed E-state index contributed by atoms with van der Waals surface area (Å²) in [6.45, 7) is 4.10. The fraction of sp³-hybridized carbons (Fsp3) is 0.571. The van der Waals surface area contributed by atoms with Gasteiger partial charge in [0.05, 0.1) is 17.7 Å². The summed E-state index contributed by atoms with van der Waals surface area (Å²) >= 11 is 0. The Hall–Kier alpha value is -1.62. The average Bonchev–Trinajstić information content (AvgIpc) is 2.45. The third-order valence-corrected chi connectivity index (χ3v) is 3.47. The van der Waals surface area contributed by atoms with Crippen molar-refractivity contribution < 1.29 is 9.90 Å². The molecule has 0 saturated heterocycles. The number of rotatable bonds is 6. The highest BCUT2D eigenvalue weighted by Crippen LogP contribution is 2.20. The summed E-state index contributed by atoms with van der Waals surface area (Å²) in [5.74, 6) is 0.603. The van der Waals surface area contributed by atoms with Crippen LogP contribution in [0.15, 0.2) is 18.3 Å². The van der Waals surface area contributed by atoms with E-state index in [0.717, 1.165) is 12.8 Å². The van der Waals surface area contributed by atoms with E-state index in [4.69, 9.17) is 0 Å². The van der Waals surface area contributed by atoms with Crippen LogP contribution in [0.3, 0.4) is 0 Å². The fourth-order valence-electron chi connectivity index (χ4n) is 1.81. The second-order valence-corrected chi connectivity index (χ2v) is 4.90. The maximum atomic E-state index is 11.7. The zero-order valence-corrected chi connectivity index (χ0v) is 12.1. The van der Waals surface area contributed by atoms with E-state index < -0.39 is 0 Å². The molecule has 5 heteroatoms. The third kappa shape index (κ3) is 3.67. The van der Waals surface area contributed by atoms with Crippen molar-refractivity contribution in [1.29, 1.82) is 0 Å². The Morgan fingerprint density at radius 3 is 2.37 bits per heavy atom. The molecule has 1 heterocycles. The molecule has 1 aromatic rings. The van der Waals surface area contributed by atoms with Gasteiger partial charge in [0.15, 0.2) is 0 Å². The summed E-state index contributed by atoms with van der Waals surface area (Å²) in [6, 6.07) is 3.51. The molecule has 19 heavy (non-hydrogen) atoms. The van der Waals surface area contributed by atoms with E-state index >= 15 is 0 Å². The Morgan fingerprint density at radius 1 is 1.37 bits per heavy atom. The SMILES string of the molecule is CCC(CC)(CO)Nc1ccc(C(=O)N(C)C)cn1. The van der Waals surface area contributed by atoms with Gasteiger partial charge in [-0.2, -0.15) is 0 Å². The monoisotopic (exact) mass is 265 g/mol. The first-order valence-corrected chi connectivity index (χ1v) is 6.54. The standard InChI is InChI=1S/C14H23N3O2/c1-5-14(6-2,10-18)16-12-8-7-11(9-15-12)13(19)17(3)4/h7-9,18H,5-6,10H2,1-4H3,(H,15,16). The van der Waals surface area contributed by atoms with Crippen molar-refractivity contribution in [3.05, 3.63) is 23.9 Å². The van der Waals surface area contributed by atoms with E-state index in [2.05, 4.69) is 10.3 Å². The smallest absolute Gasteiger partial charge is 0.254 e. The molecule has 0 atom stereocenters. The Kier molecular flexibility index (Phi) is 5.30. The van der Waals surface area contributed by atoms with Crippen LogP contribution in [0.25, 0.3) is 0 Å². The Bertz CT molecular complexity index is 403. The van der Waals surface area contributed by atoms with Crippen LogP contribution in [-0.4, -0.2) is 47.1 Å². The predicted molar refractivity (Wildman–Crippen MR) is 76.3 cm³/mol. The summed E-state index contributed by atoms with van der Waals surface area (Å²) in [5, 5.41) is 12.8. The Morgan fingerprint density at radius 2 is 2.00 bits per heavy atom. The molecule has 0 unspecified atom stereocenters. The number of aromatic nitrogens is 1. The first kappa shape index (κ1) is 15.4. The van der Waals surface area contributed by atoms with Gasteiger partial charge in [-0.25, -0.2) is 4.98 Å². The summed E-state index contributed by atoms with van der Waals surface area (Å²) in [5.41, 5.74) is 0.207. The van der Waals surface area contributed by atoms with Crippen LogP contribution in [0.4, 0.5) is 5.82 Å². The Labute approximate surface area is 114 Å². The molecule has 0 aliphatic rings. The highest BCUT2D eigenvalue weighted by atomic mass is 16.3. The van der Waals surface area contributed by atoms with Crippen LogP contribution in [0.1, 0.15) is 37.0 Å². The topological polar surface area (TPSA) is 65.5 Å². The van der Waals surface area contributed by atoms with Gasteiger partial charge in [0.2, 0.25) is 0 Å². The molecule has 0 aliphatic heterocycles. The fourth-order valence-corrected chi connectivity index (χ4v) is 1.81. The van der Waals surface area contributed by atoms with Crippen molar-refractivity contribution in [2.45, 2.75) is 32.2 Å². The minimum Gasteiger partial charge on any atom is -0.394 e. The molecule has 0 aliphatic carbocycles. The van der Waals surface area contributed by atoms with E-state index in [1.165, 1.54) is 4.90 Å². The predicted octanol–water partition coefficient (Wildman–Crippen LogP) is 1.75. The van der Waals surface area contributed by atoms with Crippen molar-refractivity contribution >= 4 is 11.7 Å². The van der Waals surface area contributed by atoms with Gasteiger partial charge in [0.25, 0.3) is 5.91 Å². The molecule has 0 saturated carbocycles. The first-order valence-electron chi connectivity index (χ1n) is 6.54. The van der Waals surface area contributed by atoms with E-state index in [0.29, 0.717) is 11.4 Å². The number of hydrogen-bond acceptors (Lipinski definition) is 4. The number of aliphatic hydroxyl groups is 1. The molecule has 5 nitrogen and oxygen atoms in total. The lowest BCUT2D eigenvalue weighted by atomic mass is 9.94. The molecule has 0 aromatic carbocycles. The largest absolute Gasteiger partial charge is 0.394 e. The van der Waals surface area contributed by atoms with Gasteiger partial charge < -0.3 is 15.3 Å². The number of hydrogen-bond donors (Lipinski definition) is 2. The van der Waals surface area contributed by atoms with Gasteiger partial charge in [-0.05, 0) is 25.0 Å². The van der Waals surface area contributed by atoms with Crippen LogP contribution in [0.5, 0.6) is 0 Å². The average molecular weight is 265 g/mol. The van der Waals surface area contributed by atoms with Crippen LogP contribution in [0, 0.1) is 0 Å². The lowest BCUT2D eigenvalue weighted by Crippen LogP contribution is -2.41. The lowest BCUT2D eigenvalue weighted by Gasteiger charge is -2.31. The number of nitrogens with one attached hydrogen (secondary N) is 1. The highest BCUT2D eigenvalue weighted by Gasteiger charge is 2.25. The van der Waals surface area contributed by atoms with Crippen molar-refractivity contribution in [3.63, 3.8) is 0 Å². The quantitative estimate of drug-likeness (QED) is 0.822. The zero-order chi connectivity index (χ0) is 14.5. The van der Waals surface area contributed by atoms with Gasteiger partial charge in [-0.3, -0.25) is 4.79 Å². The number of nitrogens with zero attached hydrogens (tertiary/aromatic N) is 2. The minimum atomic E-state index is -0.347. The van der Waals surface area contributed by atoms with Crippen LogP contribution >= 0.6 is 0 Å². The summed E-state index contributed by atoms with van der Waals surface area (Å²) in [6.07, 6.45) is 3.16. The second kappa shape index (κ2) is 6.52. The van der Waals surface area contributed by atoms with Crippen LogP contribution in [0.2, 0.25) is 0 Å². The molecule has 0 radical (unpaired) electrons. The molecule has 0 spiro atoms. The molecular formula is C14H23N3O2. The molecule has 0 fully saturated rings. The number of anilines is 1. The van der Waals surface area contributed by atoms with Gasteiger partial charge in [0, 0.05) is 20.3 Å². The summed E-state index contributed by atoms with van der Waals surface area (Å²) < 4.78 is 0. The van der Waals surface area contributed by atoms with E-state index in [1.807, 2.05) is 13.8 Å². The lowest BCUT2D eigenvalue weighted by molar-refractivity contribution is 0.0827. The molecule has 2 N–H and O–H groups in total. The molecule has 106 valence electrons. The highest BCUT2D eigenvalue weighted by molar-refractivity contribution is 5.93. The van der Waals surface area contributed by atoms with Crippen molar-refractivity contribution in [3.8, 4) is 0 Å². The number of carbonyl (C=O) groups excluding carboxylic acids is 1. The van der Waals surface area contributed by atoms with Gasteiger partial charge >= 0.3 is 0 Å². The van der Waals surface area contributed by atoms with Crippen molar-refractivity contribution in [2.75, 3.05) is 26.0 Å². The third-order valence-electron chi connectivity index (χ3n) is 3.47. The Balaban J connectivity index is 2.85. The van der Waals surface area contributed by atoms with Gasteiger partial charge in [-0.1, -0.05) is 13.8 Å².